The molecule has 0 bridgehead atoms. The Balaban J connectivity index is 2.23. The highest BCUT2D eigenvalue weighted by molar-refractivity contribution is 6.09. The molecule has 0 fully saturated rings. The summed E-state index contributed by atoms with van der Waals surface area (Å²) in [6.07, 6.45) is 5.57. The molecule has 1 aliphatic carbocycles. The number of para-hydroxylation sites is 1. The van der Waals surface area contributed by atoms with Gasteiger partial charge in [-0.25, -0.2) is 0 Å². The van der Waals surface area contributed by atoms with E-state index in [-0.39, 0.29) is 0 Å². The summed E-state index contributed by atoms with van der Waals surface area (Å²) >= 11 is 0. The van der Waals surface area contributed by atoms with Crippen molar-refractivity contribution in [3.05, 3.63) is 53.6 Å². The van der Waals surface area contributed by atoms with Crippen molar-refractivity contribution in [2.24, 2.45) is 0 Å². The van der Waals surface area contributed by atoms with Crippen LogP contribution in [0.3, 0.4) is 0 Å². The standard InChI is InChI=1S/C17H15N/c1-2-18-16-9-4-3-8-14(16)15-10-12-6-5-7-13(12)11-17(15)18/h3-6,8-11H,2,7H2,1H3. The molecule has 0 saturated carbocycles. The SMILES string of the molecule is CCn1c2ccccc2c2cc3c(cc21)CC=C3. The van der Waals surface area contributed by atoms with Gasteiger partial charge in [-0.3, -0.25) is 0 Å². The van der Waals surface area contributed by atoms with Gasteiger partial charge in [0.15, 0.2) is 0 Å². The lowest BCUT2D eigenvalue weighted by Gasteiger charge is -2.04. The van der Waals surface area contributed by atoms with E-state index < -0.39 is 0 Å². The third-order valence-electron chi connectivity index (χ3n) is 3.98. The summed E-state index contributed by atoms with van der Waals surface area (Å²) < 4.78 is 2.42. The summed E-state index contributed by atoms with van der Waals surface area (Å²) in [5.41, 5.74) is 5.57. The quantitative estimate of drug-likeness (QED) is 0.587. The van der Waals surface area contributed by atoms with Gasteiger partial charge >= 0.3 is 0 Å². The molecule has 1 nitrogen and oxygen atoms in total. The summed E-state index contributed by atoms with van der Waals surface area (Å²) in [5.74, 6) is 0. The summed E-state index contributed by atoms with van der Waals surface area (Å²) in [5, 5.41) is 2.76. The molecule has 0 amide bonds. The minimum Gasteiger partial charge on any atom is -0.341 e. The molecule has 0 aliphatic heterocycles. The molecule has 1 heterocycles. The van der Waals surface area contributed by atoms with Crippen LogP contribution in [0.2, 0.25) is 0 Å². The van der Waals surface area contributed by atoms with Crippen LogP contribution in [0.25, 0.3) is 27.9 Å². The number of hydrogen-bond acceptors (Lipinski definition) is 0. The molecule has 0 saturated heterocycles. The van der Waals surface area contributed by atoms with E-state index in [0.29, 0.717) is 0 Å². The molecule has 2 aromatic carbocycles. The Morgan fingerprint density at radius 2 is 1.94 bits per heavy atom. The summed E-state index contributed by atoms with van der Waals surface area (Å²) in [7, 11) is 0. The van der Waals surface area contributed by atoms with Crippen LogP contribution in [-0.4, -0.2) is 4.57 Å². The average Bonchev–Trinajstić information content (AvgIpc) is 2.97. The van der Waals surface area contributed by atoms with Gasteiger partial charge in [-0.15, -0.1) is 0 Å². The lowest BCUT2D eigenvalue weighted by atomic mass is 10.1. The van der Waals surface area contributed by atoms with Crippen molar-refractivity contribution in [1.29, 1.82) is 0 Å². The lowest BCUT2D eigenvalue weighted by molar-refractivity contribution is 0.826. The van der Waals surface area contributed by atoms with Crippen LogP contribution in [0.1, 0.15) is 18.1 Å². The number of allylic oxidation sites excluding steroid dienone is 1. The Hall–Kier alpha value is -2.02. The van der Waals surface area contributed by atoms with E-state index in [4.69, 9.17) is 0 Å². The number of fused-ring (bicyclic) bond motifs is 4. The number of aromatic nitrogens is 1. The number of nitrogens with zero attached hydrogens (tertiary/aromatic N) is 1. The molecule has 18 heavy (non-hydrogen) atoms. The van der Waals surface area contributed by atoms with Gasteiger partial charge in [0.05, 0.1) is 0 Å². The molecule has 1 aliphatic rings. The maximum absolute atomic E-state index is 2.42. The third-order valence-corrected chi connectivity index (χ3v) is 3.98. The Labute approximate surface area is 106 Å². The fourth-order valence-corrected chi connectivity index (χ4v) is 3.14. The first-order valence-corrected chi connectivity index (χ1v) is 6.59. The van der Waals surface area contributed by atoms with Crippen molar-refractivity contribution in [3.63, 3.8) is 0 Å². The monoisotopic (exact) mass is 233 g/mol. The Kier molecular flexibility index (Phi) is 1.93. The first-order chi connectivity index (χ1) is 8.88. The Bertz CT molecular complexity index is 790. The predicted molar refractivity (Wildman–Crippen MR) is 77.9 cm³/mol. The molecule has 0 atom stereocenters. The first kappa shape index (κ1) is 9.95. The van der Waals surface area contributed by atoms with Crippen LogP contribution >= 0.6 is 0 Å². The number of aryl methyl sites for hydroxylation is 1. The number of rotatable bonds is 1. The lowest BCUT2D eigenvalue weighted by Crippen LogP contribution is -1.93. The summed E-state index contributed by atoms with van der Waals surface area (Å²) in [6, 6.07) is 13.4. The van der Waals surface area contributed by atoms with Crippen LogP contribution in [0, 0.1) is 0 Å². The first-order valence-electron chi connectivity index (χ1n) is 6.59. The highest BCUT2D eigenvalue weighted by Crippen LogP contribution is 2.33. The maximum Gasteiger partial charge on any atom is 0.0494 e. The van der Waals surface area contributed by atoms with E-state index in [0.717, 1.165) is 13.0 Å². The van der Waals surface area contributed by atoms with Crippen molar-refractivity contribution >= 4 is 27.9 Å². The van der Waals surface area contributed by atoms with E-state index in [1.165, 1.54) is 32.9 Å². The van der Waals surface area contributed by atoms with Gasteiger partial charge in [-0.1, -0.05) is 30.4 Å². The van der Waals surface area contributed by atoms with Crippen LogP contribution in [0.4, 0.5) is 0 Å². The smallest absolute Gasteiger partial charge is 0.0494 e. The average molecular weight is 233 g/mol. The van der Waals surface area contributed by atoms with Crippen molar-refractivity contribution in [1.82, 2.24) is 4.57 Å². The number of benzene rings is 2. The van der Waals surface area contributed by atoms with Gasteiger partial charge in [-0.05, 0) is 42.7 Å². The van der Waals surface area contributed by atoms with Gasteiger partial charge in [0.2, 0.25) is 0 Å². The van der Waals surface area contributed by atoms with E-state index in [2.05, 4.69) is 60.0 Å². The van der Waals surface area contributed by atoms with E-state index >= 15 is 0 Å². The fraction of sp³-hybridized carbons (Fsp3) is 0.176. The topological polar surface area (TPSA) is 4.93 Å². The van der Waals surface area contributed by atoms with Crippen molar-refractivity contribution < 1.29 is 0 Å². The molecule has 88 valence electrons. The molecule has 1 aromatic heterocycles. The molecule has 3 aromatic rings. The molecule has 0 spiro atoms. The minimum absolute atomic E-state index is 1.02. The predicted octanol–water partition coefficient (Wildman–Crippen LogP) is 4.38. The van der Waals surface area contributed by atoms with Crippen molar-refractivity contribution in [3.8, 4) is 0 Å². The molecular formula is C17H15N. The largest absolute Gasteiger partial charge is 0.341 e. The number of hydrogen-bond donors (Lipinski definition) is 0. The van der Waals surface area contributed by atoms with Gasteiger partial charge in [-0.2, -0.15) is 0 Å². The van der Waals surface area contributed by atoms with Gasteiger partial charge in [0.25, 0.3) is 0 Å². The zero-order chi connectivity index (χ0) is 12.1. The second kappa shape index (κ2) is 3.49. The highest BCUT2D eigenvalue weighted by Gasteiger charge is 2.13. The molecule has 4 rings (SSSR count). The third kappa shape index (κ3) is 1.16. The second-order valence-electron chi connectivity index (χ2n) is 4.94. The van der Waals surface area contributed by atoms with E-state index in [1.54, 1.807) is 0 Å². The van der Waals surface area contributed by atoms with Crippen molar-refractivity contribution in [2.45, 2.75) is 19.9 Å². The van der Waals surface area contributed by atoms with E-state index in [9.17, 15) is 0 Å². The normalized spacial score (nSPS) is 13.6. The Morgan fingerprint density at radius 1 is 1.06 bits per heavy atom. The van der Waals surface area contributed by atoms with E-state index in [1.807, 2.05) is 0 Å². The summed E-state index contributed by atoms with van der Waals surface area (Å²) in [6.45, 7) is 3.24. The van der Waals surface area contributed by atoms with Crippen LogP contribution in [-0.2, 0) is 13.0 Å². The van der Waals surface area contributed by atoms with Crippen LogP contribution in [0.5, 0.6) is 0 Å². The molecule has 0 N–H and O–H groups in total. The maximum atomic E-state index is 2.42. The van der Waals surface area contributed by atoms with Crippen LogP contribution < -0.4 is 0 Å². The molecule has 0 radical (unpaired) electrons. The minimum atomic E-state index is 1.02. The Morgan fingerprint density at radius 3 is 2.83 bits per heavy atom. The fourth-order valence-electron chi connectivity index (χ4n) is 3.14. The second-order valence-corrected chi connectivity index (χ2v) is 4.94. The highest BCUT2D eigenvalue weighted by atomic mass is 15.0. The van der Waals surface area contributed by atoms with Gasteiger partial charge in [0.1, 0.15) is 0 Å². The zero-order valence-electron chi connectivity index (χ0n) is 10.5. The molecular weight excluding hydrogens is 218 g/mol. The van der Waals surface area contributed by atoms with Gasteiger partial charge < -0.3 is 4.57 Å². The van der Waals surface area contributed by atoms with Crippen LogP contribution in [0.15, 0.2) is 42.5 Å². The zero-order valence-corrected chi connectivity index (χ0v) is 10.5. The molecule has 0 unspecified atom stereocenters. The molecule has 1 heteroatoms. The van der Waals surface area contributed by atoms with Crippen molar-refractivity contribution in [2.75, 3.05) is 0 Å². The summed E-state index contributed by atoms with van der Waals surface area (Å²) in [4.78, 5) is 0. The van der Waals surface area contributed by atoms with Gasteiger partial charge in [0, 0.05) is 28.4 Å².